The van der Waals surface area contributed by atoms with E-state index in [1.54, 1.807) is 6.07 Å². The summed E-state index contributed by atoms with van der Waals surface area (Å²) in [5.74, 6) is -0.154. The van der Waals surface area contributed by atoms with Gasteiger partial charge in [0.15, 0.2) is 0 Å². The standard InChI is InChI=1S/C17H19FN2/c18-17-4-2-1-3-15(17)12-20-16-6-5-13-7-9-19-10-8-14(13)11-16/h1-6,11,19-20H,7-10,12H2. The quantitative estimate of drug-likeness (QED) is 0.895. The lowest BCUT2D eigenvalue weighted by atomic mass is 10.0. The lowest BCUT2D eigenvalue weighted by Crippen LogP contribution is -2.16. The van der Waals surface area contributed by atoms with Crippen molar-refractivity contribution >= 4 is 5.69 Å². The molecular weight excluding hydrogens is 251 g/mol. The monoisotopic (exact) mass is 270 g/mol. The molecule has 0 unspecified atom stereocenters. The Hall–Kier alpha value is -1.87. The lowest BCUT2D eigenvalue weighted by molar-refractivity contribution is 0.613. The minimum atomic E-state index is -0.154. The van der Waals surface area contributed by atoms with Crippen molar-refractivity contribution in [3.63, 3.8) is 0 Å². The molecule has 0 fully saturated rings. The second-order valence-electron chi connectivity index (χ2n) is 5.18. The summed E-state index contributed by atoms with van der Waals surface area (Å²) in [7, 11) is 0. The molecule has 0 aliphatic carbocycles. The van der Waals surface area contributed by atoms with Crippen LogP contribution in [0.25, 0.3) is 0 Å². The van der Waals surface area contributed by atoms with Crippen LogP contribution in [-0.4, -0.2) is 13.1 Å². The molecule has 0 saturated carbocycles. The van der Waals surface area contributed by atoms with Gasteiger partial charge in [0.05, 0.1) is 0 Å². The van der Waals surface area contributed by atoms with E-state index in [0.29, 0.717) is 12.1 Å². The van der Waals surface area contributed by atoms with Crippen LogP contribution >= 0.6 is 0 Å². The summed E-state index contributed by atoms with van der Waals surface area (Å²) in [6, 6.07) is 13.4. The molecule has 2 aromatic carbocycles. The first-order valence-electron chi connectivity index (χ1n) is 7.13. The van der Waals surface area contributed by atoms with Crippen molar-refractivity contribution in [3.8, 4) is 0 Å². The van der Waals surface area contributed by atoms with Crippen LogP contribution in [0.4, 0.5) is 10.1 Å². The van der Waals surface area contributed by atoms with Crippen molar-refractivity contribution in [1.29, 1.82) is 0 Å². The Kier molecular flexibility index (Phi) is 3.97. The van der Waals surface area contributed by atoms with Crippen molar-refractivity contribution in [2.24, 2.45) is 0 Å². The first-order chi connectivity index (χ1) is 9.83. The largest absolute Gasteiger partial charge is 0.381 e. The van der Waals surface area contributed by atoms with Gasteiger partial charge in [-0.1, -0.05) is 24.3 Å². The third-order valence-electron chi connectivity index (χ3n) is 3.79. The van der Waals surface area contributed by atoms with Crippen molar-refractivity contribution < 1.29 is 4.39 Å². The Balaban J connectivity index is 1.72. The molecule has 0 aromatic heterocycles. The molecule has 1 aliphatic rings. The fraction of sp³-hybridized carbons (Fsp3) is 0.294. The van der Waals surface area contributed by atoms with E-state index in [2.05, 4.69) is 28.8 Å². The van der Waals surface area contributed by atoms with Crippen LogP contribution in [0.2, 0.25) is 0 Å². The van der Waals surface area contributed by atoms with E-state index in [9.17, 15) is 4.39 Å². The SMILES string of the molecule is Fc1ccccc1CNc1ccc2c(c1)CCNCC2. The van der Waals surface area contributed by atoms with Gasteiger partial charge >= 0.3 is 0 Å². The number of fused-ring (bicyclic) bond motifs is 1. The maximum atomic E-state index is 13.6. The zero-order chi connectivity index (χ0) is 13.8. The van der Waals surface area contributed by atoms with Gasteiger partial charge in [0, 0.05) is 17.8 Å². The number of hydrogen-bond acceptors (Lipinski definition) is 2. The molecule has 0 saturated heterocycles. The van der Waals surface area contributed by atoms with Gasteiger partial charge in [-0.15, -0.1) is 0 Å². The normalized spacial score (nSPS) is 14.4. The Morgan fingerprint density at radius 1 is 1.00 bits per heavy atom. The van der Waals surface area contributed by atoms with E-state index in [1.807, 2.05) is 12.1 Å². The Morgan fingerprint density at radius 3 is 2.65 bits per heavy atom. The number of anilines is 1. The Morgan fingerprint density at radius 2 is 1.80 bits per heavy atom. The van der Waals surface area contributed by atoms with Crippen LogP contribution in [0, 0.1) is 5.82 Å². The molecule has 1 aliphatic heterocycles. The first kappa shape index (κ1) is 13.1. The van der Waals surface area contributed by atoms with E-state index in [-0.39, 0.29) is 5.82 Å². The number of benzene rings is 2. The topological polar surface area (TPSA) is 24.1 Å². The maximum absolute atomic E-state index is 13.6. The van der Waals surface area contributed by atoms with Crippen molar-refractivity contribution in [3.05, 3.63) is 65.0 Å². The van der Waals surface area contributed by atoms with E-state index in [0.717, 1.165) is 31.6 Å². The summed E-state index contributed by atoms with van der Waals surface area (Å²) < 4.78 is 13.6. The minimum Gasteiger partial charge on any atom is -0.381 e. The molecule has 0 radical (unpaired) electrons. The third-order valence-corrected chi connectivity index (χ3v) is 3.79. The zero-order valence-corrected chi connectivity index (χ0v) is 11.5. The molecule has 20 heavy (non-hydrogen) atoms. The molecule has 2 N–H and O–H groups in total. The average molecular weight is 270 g/mol. The van der Waals surface area contributed by atoms with Gasteiger partial charge in [-0.25, -0.2) is 4.39 Å². The Bertz CT molecular complexity index is 595. The highest BCUT2D eigenvalue weighted by molar-refractivity contribution is 5.49. The summed E-state index contributed by atoms with van der Waals surface area (Å²) in [6.45, 7) is 2.60. The van der Waals surface area contributed by atoms with Gasteiger partial charge in [-0.3, -0.25) is 0 Å². The van der Waals surface area contributed by atoms with Gasteiger partial charge < -0.3 is 10.6 Å². The number of nitrogens with one attached hydrogen (secondary N) is 2. The molecular formula is C17H19FN2. The average Bonchev–Trinajstić information content (AvgIpc) is 2.71. The van der Waals surface area contributed by atoms with Gasteiger partial charge in [0.25, 0.3) is 0 Å². The Labute approximate surface area is 119 Å². The predicted octanol–water partition coefficient (Wildman–Crippen LogP) is 3.13. The molecule has 3 heteroatoms. The smallest absolute Gasteiger partial charge is 0.128 e. The number of rotatable bonds is 3. The molecule has 3 rings (SSSR count). The summed E-state index contributed by atoms with van der Waals surface area (Å²) in [4.78, 5) is 0. The van der Waals surface area contributed by atoms with Gasteiger partial charge in [-0.2, -0.15) is 0 Å². The maximum Gasteiger partial charge on any atom is 0.128 e. The van der Waals surface area contributed by atoms with E-state index >= 15 is 0 Å². The van der Waals surface area contributed by atoms with Crippen LogP contribution in [0.3, 0.4) is 0 Å². The molecule has 2 aromatic rings. The summed E-state index contributed by atoms with van der Waals surface area (Å²) in [5, 5.41) is 6.72. The van der Waals surface area contributed by atoms with E-state index in [4.69, 9.17) is 0 Å². The van der Waals surface area contributed by atoms with Crippen LogP contribution < -0.4 is 10.6 Å². The van der Waals surface area contributed by atoms with Gasteiger partial charge in [0.2, 0.25) is 0 Å². The van der Waals surface area contributed by atoms with Crippen LogP contribution in [0.15, 0.2) is 42.5 Å². The van der Waals surface area contributed by atoms with E-state index < -0.39 is 0 Å². The minimum absolute atomic E-state index is 0.154. The molecule has 0 spiro atoms. The molecule has 0 bridgehead atoms. The second kappa shape index (κ2) is 6.06. The lowest BCUT2D eigenvalue weighted by Gasteiger charge is -2.11. The third kappa shape index (κ3) is 2.99. The summed E-state index contributed by atoms with van der Waals surface area (Å²) in [6.07, 6.45) is 2.15. The molecule has 0 amide bonds. The van der Waals surface area contributed by atoms with Crippen molar-refractivity contribution in [2.75, 3.05) is 18.4 Å². The van der Waals surface area contributed by atoms with Crippen molar-refractivity contribution in [2.45, 2.75) is 19.4 Å². The van der Waals surface area contributed by atoms with Gasteiger partial charge in [-0.05, 0) is 55.3 Å². The molecule has 0 atom stereocenters. The number of halogens is 1. The highest BCUT2D eigenvalue weighted by Gasteiger charge is 2.08. The summed E-state index contributed by atoms with van der Waals surface area (Å²) >= 11 is 0. The van der Waals surface area contributed by atoms with Crippen molar-refractivity contribution in [1.82, 2.24) is 5.32 Å². The highest BCUT2D eigenvalue weighted by Crippen LogP contribution is 2.19. The highest BCUT2D eigenvalue weighted by atomic mass is 19.1. The molecule has 104 valence electrons. The summed E-state index contributed by atoms with van der Waals surface area (Å²) in [5.41, 5.74) is 4.58. The molecule has 1 heterocycles. The predicted molar refractivity (Wildman–Crippen MR) is 80.4 cm³/mol. The number of hydrogen-bond donors (Lipinski definition) is 2. The zero-order valence-electron chi connectivity index (χ0n) is 11.5. The van der Waals surface area contributed by atoms with Crippen LogP contribution in [0.1, 0.15) is 16.7 Å². The first-order valence-corrected chi connectivity index (χ1v) is 7.13. The fourth-order valence-electron chi connectivity index (χ4n) is 2.62. The van der Waals surface area contributed by atoms with E-state index in [1.165, 1.54) is 17.2 Å². The molecule has 2 nitrogen and oxygen atoms in total. The van der Waals surface area contributed by atoms with Gasteiger partial charge in [0.1, 0.15) is 5.82 Å². The fourth-order valence-corrected chi connectivity index (χ4v) is 2.62. The van der Waals surface area contributed by atoms with Crippen LogP contribution in [-0.2, 0) is 19.4 Å². The second-order valence-corrected chi connectivity index (χ2v) is 5.18. The van der Waals surface area contributed by atoms with Crippen LogP contribution in [0.5, 0.6) is 0 Å².